The minimum Gasteiger partial charge on any atom is -0.370 e. The summed E-state index contributed by atoms with van der Waals surface area (Å²) in [6.07, 6.45) is 2.57. The number of hydrogen-bond donors (Lipinski definition) is 1. The van der Waals surface area contributed by atoms with E-state index in [1.54, 1.807) is 17.0 Å². The molecule has 28 heavy (non-hydrogen) atoms. The van der Waals surface area contributed by atoms with E-state index in [-0.39, 0.29) is 43.4 Å². The third kappa shape index (κ3) is 5.16. The van der Waals surface area contributed by atoms with Crippen molar-refractivity contribution in [3.63, 3.8) is 0 Å². The molecule has 1 aromatic carbocycles. The molecule has 0 bridgehead atoms. The van der Waals surface area contributed by atoms with E-state index in [9.17, 15) is 14.0 Å². The van der Waals surface area contributed by atoms with E-state index in [2.05, 4.69) is 10.2 Å². The number of rotatable bonds is 6. The highest BCUT2D eigenvalue weighted by Gasteiger charge is 2.31. The van der Waals surface area contributed by atoms with Gasteiger partial charge in [0.25, 0.3) is 5.91 Å². The first-order chi connectivity index (χ1) is 13.4. The van der Waals surface area contributed by atoms with Gasteiger partial charge >= 0.3 is 0 Å². The molecule has 1 saturated heterocycles. The van der Waals surface area contributed by atoms with Gasteiger partial charge in [-0.05, 0) is 23.6 Å². The smallest absolute Gasteiger partial charge is 0.257 e. The van der Waals surface area contributed by atoms with Crippen LogP contribution in [0.5, 0.6) is 0 Å². The molecule has 0 radical (unpaired) electrons. The number of ether oxygens (including phenoxy) is 1. The van der Waals surface area contributed by atoms with E-state index in [1.807, 2.05) is 13.8 Å². The lowest BCUT2D eigenvalue weighted by molar-refractivity contribution is -0.132. The molecule has 150 valence electrons. The van der Waals surface area contributed by atoms with Gasteiger partial charge in [0, 0.05) is 25.8 Å². The summed E-state index contributed by atoms with van der Waals surface area (Å²) in [5, 5.41) is 6.42. The fraction of sp³-hybridized carbons (Fsp3) is 0.450. The predicted molar refractivity (Wildman–Crippen MR) is 101 cm³/mol. The summed E-state index contributed by atoms with van der Waals surface area (Å²) >= 11 is 0. The molecule has 3 rings (SSSR count). The molecule has 1 fully saturated rings. The summed E-state index contributed by atoms with van der Waals surface area (Å²) in [6.45, 7) is 5.54. The van der Waals surface area contributed by atoms with E-state index < -0.39 is 0 Å². The van der Waals surface area contributed by atoms with Crippen LogP contribution in [0, 0.1) is 11.7 Å². The first-order valence-corrected chi connectivity index (χ1v) is 9.34. The molecule has 1 aliphatic rings. The van der Waals surface area contributed by atoms with Gasteiger partial charge in [0.2, 0.25) is 5.91 Å². The summed E-state index contributed by atoms with van der Waals surface area (Å²) in [4.78, 5) is 28.7. The van der Waals surface area contributed by atoms with Crippen LogP contribution in [0.3, 0.4) is 0 Å². The maximum atomic E-state index is 13.4. The summed E-state index contributed by atoms with van der Waals surface area (Å²) in [6, 6.07) is 6.21. The predicted octanol–water partition coefficient (Wildman–Crippen LogP) is 2.07. The van der Waals surface area contributed by atoms with Gasteiger partial charge in [0.05, 0.1) is 24.5 Å². The highest BCUT2D eigenvalue weighted by atomic mass is 19.1. The molecule has 2 aromatic rings. The Hall–Kier alpha value is -2.74. The van der Waals surface area contributed by atoms with Crippen molar-refractivity contribution in [1.82, 2.24) is 20.0 Å². The molecule has 1 atom stereocenters. The Kier molecular flexibility index (Phi) is 6.41. The van der Waals surface area contributed by atoms with Crippen LogP contribution in [0.25, 0.3) is 0 Å². The zero-order chi connectivity index (χ0) is 20.1. The number of carbonyl (C=O) groups is 2. The zero-order valence-corrected chi connectivity index (χ0v) is 16.1. The molecule has 0 saturated carbocycles. The molecule has 0 spiro atoms. The number of nitrogens with one attached hydrogen (secondary N) is 1. The van der Waals surface area contributed by atoms with Gasteiger partial charge in [0.15, 0.2) is 0 Å². The lowest BCUT2D eigenvalue weighted by Gasteiger charge is -2.26. The molecule has 1 unspecified atom stereocenters. The largest absolute Gasteiger partial charge is 0.370 e. The van der Waals surface area contributed by atoms with Gasteiger partial charge in [-0.25, -0.2) is 4.39 Å². The fourth-order valence-corrected chi connectivity index (χ4v) is 3.25. The first kappa shape index (κ1) is 20.0. The number of halogens is 1. The highest BCUT2D eigenvalue weighted by molar-refractivity contribution is 5.96. The van der Waals surface area contributed by atoms with Gasteiger partial charge in [-0.15, -0.1) is 0 Å². The van der Waals surface area contributed by atoms with Crippen molar-refractivity contribution in [3.05, 3.63) is 53.6 Å². The standard InChI is InChI=1S/C20H25FN4O3/c1-14(2)9-24-10-18(28-13-15-4-3-5-17(21)6-15)11-25(12-19(24)26)20(27)16-7-22-23-8-16/h3-8,14,18H,9-13H2,1-2H3,(H,22,23). The number of benzene rings is 1. The molecule has 1 aliphatic heterocycles. The van der Waals surface area contributed by atoms with E-state index >= 15 is 0 Å². The summed E-state index contributed by atoms with van der Waals surface area (Å²) in [5.41, 5.74) is 1.10. The maximum Gasteiger partial charge on any atom is 0.257 e. The monoisotopic (exact) mass is 388 g/mol. The minimum absolute atomic E-state index is 0.00341. The van der Waals surface area contributed by atoms with Gasteiger partial charge in [0.1, 0.15) is 12.4 Å². The average Bonchev–Trinajstić information content (AvgIpc) is 3.13. The highest BCUT2D eigenvalue weighted by Crippen LogP contribution is 2.15. The summed E-state index contributed by atoms with van der Waals surface area (Å²) in [5.74, 6) is -0.408. The Morgan fingerprint density at radius 3 is 2.89 bits per heavy atom. The molecular formula is C20H25FN4O3. The van der Waals surface area contributed by atoms with E-state index in [0.717, 1.165) is 0 Å². The average molecular weight is 388 g/mol. The summed E-state index contributed by atoms with van der Waals surface area (Å²) < 4.78 is 19.4. The zero-order valence-electron chi connectivity index (χ0n) is 16.1. The minimum atomic E-state index is -0.371. The Morgan fingerprint density at radius 1 is 1.39 bits per heavy atom. The Labute approximate surface area is 163 Å². The van der Waals surface area contributed by atoms with Crippen LogP contribution in [-0.4, -0.2) is 64.1 Å². The van der Waals surface area contributed by atoms with Crippen molar-refractivity contribution in [1.29, 1.82) is 0 Å². The SMILES string of the molecule is CC(C)CN1CC(OCc2cccc(F)c2)CN(C(=O)c2cn[nH]c2)CC1=O. The number of H-pyrrole nitrogens is 1. The molecule has 8 heteroatoms. The summed E-state index contributed by atoms with van der Waals surface area (Å²) in [7, 11) is 0. The molecule has 0 aliphatic carbocycles. The van der Waals surface area contributed by atoms with Crippen LogP contribution < -0.4 is 0 Å². The number of amides is 2. The van der Waals surface area contributed by atoms with Crippen molar-refractivity contribution in [2.75, 3.05) is 26.2 Å². The third-order valence-corrected chi connectivity index (χ3v) is 4.52. The van der Waals surface area contributed by atoms with E-state index in [1.165, 1.54) is 29.4 Å². The molecule has 2 amide bonds. The van der Waals surface area contributed by atoms with Crippen LogP contribution in [-0.2, 0) is 16.1 Å². The molecular weight excluding hydrogens is 363 g/mol. The van der Waals surface area contributed by atoms with Crippen molar-refractivity contribution >= 4 is 11.8 Å². The van der Waals surface area contributed by atoms with Crippen LogP contribution in [0.4, 0.5) is 4.39 Å². The Bertz CT molecular complexity index is 810. The van der Waals surface area contributed by atoms with Crippen molar-refractivity contribution in [2.24, 2.45) is 5.92 Å². The van der Waals surface area contributed by atoms with Crippen LogP contribution in [0.1, 0.15) is 29.8 Å². The topological polar surface area (TPSA) is 78.5 Å². The normalized spacial score (nSPS) is 17.9. The fourth-order valence-electron chi connectivity index (χ4n) is 3.25. The van der Waals surface area contributed by atoms with Gasteiger partial charge in [-0.2, -0.15) is 5.10 Å². The second kappa shape index (κ2) is 8.97. The number of nitrogens with zero attached hydrogens (tertiary/aromatic N) is 3. The second-order valence-electron chi connectivity index (χ2n) is 7.43. The lowest BCUT2D eigenvalue weighted by atomic mass is 10.2. The van der Waals surface area contributed by atoms with Gasteiger partial charge in [-0.3, -0.25) is 14.7 Å². The quantitative estimate of drug-likeness (QED) is 0.822. The van der Waals surface area contributed by atoms with Crippen molar-refractivity contribution in [3.8, 4) is 0 Å². The van der Waals surface area contributed by atoms with Crippen LogP contribution in [0.15, 0.2) is 36.7 Å². The number of hydrogen-bond acceptors (Lipinski definition) is 4. The van der Waals surface area contributed by atoms with E-state index in [4.69, 9.17) is 4.74 Å². The van der Waals surface area contributed by atoms with Crippen LogP contribution in [0.2, 0.25) is 0 Å². The number of aromatic nitrogens is 2. The molecule has 2 heterocycles. The lowest BCUT2D eigenvalue weighted by Crippen LogP contribution is -2.40. The van der Waals surface area contributed by atoms with E-state index in [0.29, 0.717) is 30.1 Å². The Balaban J connectivity index is 1.75. The first-order valence-electron chi connectivity index (χ1n) is 9.34. The Morgan fingerprint density at radius 2 is 2.21 bits per heavy atom. The maximum absolute atomic E-state index is 13.4. The molecule has 1 N–H and O–H groups in total. The van der Waals surface area contributed by atoms with Gasteiger partial charge < -0.3 is 14.5 Å². The van der Waals surface area contributed by atoms with Gasteiger partial charge in [-0.1, -0.05) is 26.0 Å². The number of carbonyl (C=O) groups excluding carboxylic acids is 2. The van der Waals surface area contributed by atoms with Crippen LogP contribution >= 0.6 is 0 Å². The second-order valence-corrected chi connectivity index (χ2v) is 7.43. The van der Waals surface area contributed by atoms with Crippen molar-refractivity contribution < 1.29 is 18.7 Å². The molecule has 7 nitrogen and oxygen atoms in total. The third-order valence-electron chi connectivity index (χ3n) is 4.52. The molecule has 1 aromatic heterocycles. The van der Waals surface area contributed by atoms with Crippen molar-refractivity contribution in [2.45, 2.75) is 26.6 Å². The number of aromatic amines is 1.